The molecule has 0 spiro atoms. The van der Waals surface area contributed by atoms with E-state index in [1.165, 1.54) is 6.07 Å². The van der Waals surface area contributed by atoms with Gasteiger partial charge in [-0.05, 0) is 18.2 Å². The minimum absolute atomic E-state index is 0.224. The number of carbonyl (C=O) groups is 2. The van der Waals surface area contributed by atoms with Gasteiger partial charge in [-0.15, -0.1) is 0 Å². The maximum atomic E-state index is 13.1. The van der Waals surface area contributed by atoms with Crippen molar-refractivity contribution in [1.82, 2.24) is 0 Å². The molecule has 0 fully saturated rings. The second-order valence-electron chi connectivity index (χ2n) is 2.78. The van der Waals surface area contributed by atoms with Crippen molar-refractivity contribution in [2.45, 2.75) is 0 Å². The maximum Gasteiger partial charge on any atom is 0.341 e. The van der Waals surface area contributed by atoms with E-state index in [-0.39, 0.29) is 11.3 Å². The van der Waals surface area contributed by atoms with Crippen molar-refractivity contribution >= 4 is 17.6 Å². The van der Waals surface area contributed by atoms with Crippen LogP contribution in [-0.4, -0.2) is 18.5 Å². The van der Waals surface area contributed by atoms with E-state index in [2.05, 4.69) is 4.74 Å². The van der Waals surface area contributed by atoms with Crippen LogP contribution in [0, 0.1) is 5.82 Å². The van der Waals surface area contributed by atoms with Gasteiger partial charge in [-0.1, -0.05) is 0 Å². The SMILES string of the molecule is NC(=O)COC(=O)c1cc(N)ccc1F. The number of ether oxygens (including phenoxy) is 1. The lowest BCUT2D eigenvalue weighted by molar-refractivity contribution is -0.121. The highest BCUT2D eigenvalue weighted by Gasteiger charge is 2.14. The molecular formula is C9H9FN2O3. The first kappa shape index (κ1) is 11.0. The van der Waals surface area contributed by atoms with Crippen LogP contribution in [0.1, 0.15) is 10.4 Å². The summed E-state index contributed by atoms with van der Waals surface area (Å²) in [5, 5.41) is 0. The topological polar surface area (TPSA) is 95.4 Å². The fourth-order valence-corrected chi connectivity index (χ4v) is 0.914. The van der Waals surface area contributed by atoms with Gasteiger partial charge in [0.15, 0.2) is 6.61 Å². The Kier molecular flexibility index (Phi) is 3.22. The molecule has 0 unspecified atom stereocenters. The molecule has 0 radical (unpaired) electrons. The van der Waals surface area contributed by atoms with Crippen LogP contribution < -0.4 is 11.5 Å². The van der Waals surface area contributed by atoms with Gasteiger partial charge in [-0.25, -0.2) is 9.18 Å². The van der Waals surface area contributed by atoms with Gasteiger partial charge in [0, 0.05) is 5.69 Å². The Morgan fingerprint density at radius 1 is 1.40 bits per heavy atom. The van der Waals surface area contributed by atoms with Crippen LogP contribution in [0.15, 0.2) is 18.2 Å². The molecule has 0 heterocycles. The average molecular weight is 212 g/mol. The number of hydrogen-bond acceptors (Lipinski definition) is 4. The van der Waals surface area contributed by atoms with Crippen LogP contribution in [0.25, 0.3) is 0 Å². The Hall–Kier alpha value is -2.11. The molecule has 1 rings (SSSR count). The number of benzene rings is 1. The first-order valence-electron chi connectivity index (χ1n) is 4.01. The van der Waals surface area contributed by atoms with Gasteiger partial charge in [0.25, 0.3) is 5.91 Å². The number of nitrogen functional groups attached to an aromatic ring is 1. The number of nitrogens with two attached hydrogens (primary N) is 2. The Labute approximate surface area is 84.8 Å². The highest BCUT2D eigenvalue weighted by Crippen LogP contribution is 2.12. The average Bonchev–Trinajstić information content (AvgIpc) is 2.18. The molecule has 80 valence electrons. The van der Waals surface area contributed by atoms with E-state index in [4.69, 9.17) is 11.5 Å². The molecule has 0 saturated carbocycles. The number of rotatable bonds is 3. The zero-order valence-electron chi connectivity index (χ0n) is 7.70. The predicted molar refractivity (Wildman–Crippen MR) is 50.3 cm³/mol. The molecule has 15 heavy (non-hydrogen) atoms. The fraction of sp³-hybridized carbons (Fsp3) is 0.111. The largest absolute Gasteiger partial charge is 0.452 e. The molecule has 1 amide bonds. The monoisotopic (exact) mass is 212 g/mol. The summed E-state index contributed by atoms with van der Waals surface area (Å²) in [5.74, 6) is -2.55. The summed E-state index contributed by atoms with van der Waals surface area (Å²) in [6.45, 7) is -0.590. The van der Waals surface area contributed by atoms with Crippen molar-refractivity contribution in [2.24, 2.45) is 5.73 Å². The molecule has 4 N–H and O–H groups in total. The molecule has 0 atom stereocenters. The van der Waals surface area contributed by atoms with Gasteiger partial charge < -0.3 is 16.2 Å². The lowest BCUT2D eigenvalue weighted by Gasteiger charge is -2.04. The van der Waals surface area contributed by atoms with Crippen molar-refractivity contribution in [2.75, 3.05) is 12.3 Å². The van der Waals surface area contributed by atoms with Crippen LogP contribution in [-0.2, 0) is 9.53 Å². The highest BCUT2D eigenvalue weighted by molar-refractivity contribution is 5.92. The third kappa shape index (κ3) is 2.94. The second-order valence-corrected chi connectivity index (χ2v) is 2.78. The third-order valence-corrected chi connectivity index (χ3v) is 1.56. The normalized spacial score (nSPS) is 9.67. The zero-order chi connectivity index (χ0) is 11.4. The Balaban J connectivity index is 2.81. The first-order chi connectivity index (χ1) is 7.00. The number of halogens is 1. The summed E-state index contributed by atoms with van der Waals surface area (Å²) in [6.07, 6.45) is 0. The van der Waals surface area contributed by atoms with E-state index >= 15 is 0 Å². The van der Waals surface area contributed by atoms with Crippen molar-refractivity contribution in [1.29, 1.82) is 0 Å². The van der Waals surface area contributed by atoms with E-state index in [0.717, 1.165) is 12.1 Å². The summed E-state index contributed by atoms with van der Waals surface area (Å²) in [6, 6.07) is 3.47. The van der Waals surface area contributed by atoms with Crippen LogP contribution in [0.2, 0.25) is 0 Å². The highest BCUT2D eigenvalue weighted by atomic mass is 19.1. The number of hydrogen-bond donors (Lipinski definition) is 2. The summed E-state index contributed by atoms with van der Waals surface area (Å²) >= 11 is 0. The Morgan fingerprint density at radius 3 is 2.67 bits per heavy atom. The van der Waals surface area contributed by atoms with Crippen LogP contribution >= 0.6 is 0 Å². The first-order valence-corrected chi connectivity index (χ1v) is 4.01. The molecule has 1 aromatic rings. The molecule has 0 aliphatic carbocycles. The number of esters is 1. The Morgan fingerprint density at radius 2 is 2.07 bits per heavy atom. The van der Waals surface area contributed by atoms with Crippen molar-refractivity contribution in [3.63, 3.8) is 0 Å². The lowest BCUT2D eigenvalue weighted by Crippen LogP contribution is -2.21. The van der Waals surface area contributed by atoms with E-state index in [1.807, 2.05) is 0 Å². The predicted octanol–water partition coefficient (Wildman–Crippen LogP) is 0.0500. The van der Waals surface area contributed by atoms with Crippen LogP contribution in [0.5, 0.6) is 0 Å². The second kappa shape index (κ2) is 4.41. The molecule has 0 aliphatic rings. The molecule has 0 aromatic heterocycles. The van der Waals surface area contributed by atoms with Gasteiger partial charge >= 0.3 is 5.97 Å². The van der Waals surface area contributed by atoms with Crippen molar-refractivity contribution < 1.29 is 18.7 Å². The molecule has 6 heteroatoms. The van der Waals surface area contributed by atoms with Gasteiger partial charge in [-0.2, -0.15) is 0 Å². The van der Waals surface area contributed by atoms with E-state index in [0.29, 0.717) is 0 Å². The van der Waals surface area contributed by atoms with Crippen LogP contribution in [0.3, 0.4) is 0 Å². The number of amides is 1. The minimum Gasteiger partial charge on any atom is -0.452 e. The van der Waals surface area contributed by atoms with Gasteiger partial charge in [0.1, 0.15) is 5.82 Å². The number of primary amides is 1. The van der Waals surface area contributed by atoms with E-state index in [1.54, 1.807) is 0 Å². The maximum absolute atomic E-state index is 13.1. The molecule has 1 aromatic carbocycles. The summed E-state index contributed by atoms with van der Waals surface area (Å²) < 4.78 is 17.5. The Bertz CT molecular complexity index is 406. The number of anilines is 1. The molecule has 0 saturated heterocycles. The third-order valence-electron chi connectivity index (χ3n) is 1.56. The van der Waals surface area contributed by atoms with Gasteiger partial charge in [0.2, 0.25) is 0 Å². The zero-order valence-corrected chi connectivity index (χ0v) is 7.70. The van der Waals surface area contributed by atoms with Gasteiger partial charge in [0.05, 0.1) is 5.56 Å². The van der Waals surface area contributed by atoms with Crippen molar-refractivity contribution in [3.8, 4) is 0 Å². The summed E-state index contributed by atoms with van der Waals surface area (Å²) in [7, 11) is 0. The molecular weight excluding hydrogens is 203 g/mol. The standard InChI is InChI=1S/C9H9FN2O3/c10-7-2-1-5(11)3-6(7)9(14)15-4-8(12)13/h1-3H,4,11H2,(H2,12,13). The van der Waals surface area contributed by atoms with Gasteiger partial charge in [-0.3, -0.25) is 4.79 Å². The van der Waals surface area contributed by atoms with E-state index in [9.17, 15) is 14.0 Å². The smallest absolute Gasteiger partial charge is 0.341 e. The van der Waals surface area contributed by atoms with E-state index < -0.39 is 24.3 Å². The van der Waals surface area contributed by atoms with Crippen molar-refractivity contribution in [3.05, 3.63) is 29.6 Å². The molecule has 0 aliphatic heterocycles. The molecule has 0 bridgehead atoms. The minimum atomic E-state index is -0.974. The number of carbonyl (C=O) groups excluding carboxylic acids is 2. The summed E-state index contributed by atoms with van der Waals surface area (Å²) in [5.41, 5.74) is 10.0. The lowest BCUT2D eigenvalue weighted by atomic mass is 10.2. The quantitative estimate of drug-likeness (QED) is 0.546. The summed E-state index contributed by atoms with van der Waals surface area (Å²) in [4.78, 5) is 21.5. The van der Waals surface area contributed by atoms with Crippen LogP contribution in [0.4, 0.5) is 10.1 Å². The fourth-order valence-electron chi connectivity index (χ4n) is 0.914. The molecule has 5 nitrogen and oxygen atoms in total.